The Labute approximate surface area is 211 Å². The standard InChI is InChI=1S/C29H21NO3S2/c1-2-32-29(31)19-7-11-22(12-8-19)30-23-13-9-20(27-5-3-15-34-27)17-25(23)33-26-18-21(10-14-24(26)30)28-6-4-16-35-28/h3-18H,2H2,1H3. The molecule has 0 bridgehead atoms. The summed E-state index contributed by atoms with van der Waals surface area (Å²) in [4.78, 5) is 16.7. The number of carbonyl (C=O) groups is 1. The molecule has 0 radical (unpaired) electrons. The van der Waals surface area contributed by atoms with Gasteiger partial charge in [0.25, 0.3) is 0 Å². The van der Waals surface area contributed by atoms with E-state index in [1.165, 1.54) is 9.75 Å². The molecule has 0 spiro atoms. The van der Waals surface area contributed by atoms with Gasteiger partial charge in [-0.3, -0.25) is 0 Å². The number of esters is 1. The second-order valence-corrected chi connectivity index (χ2v) is 9.92. The van der Waals surface area contributed by atoms with Crippen molar-refractivity contribution in [3.63, 3.8) is 0 Å². The summed E-state index contributed by atoms with van der Waals surface area (Å²) in [6.07, 6.45) is 0. The van der Waals surface area contributed by atoms with Crippen LogP contribution < -0.4 is 9.64 Å². The van der Waals surface area contributed by atoms with Gasteiger partial charge in [-0.05, 0) is 89.5 Å². The van der Waals surface area contributed by atoms with Gasteiger partial charge in [-0.25, -0.2) is 4.79 Å². The maximum absolute atomic E-state index is 12.2. The van der Waals surface area contributed by atoms with Crippen molar-refractivity contribution in [2.24, 2.45) is 0 Å². The molecule has 172 valence electrons. The van der Waals surface area contributed by atoms with Gasteiger partial charge in [-0.1, -0.05) is 24.3 Å². The number of nitrogens with zero attached hydrogens (tertiary/aromatic N) is 1. The number of thiophene rings is 2. The fraction of sp³-hybridized carbons (Fsp3) is 0.0690. The van der Waals surface area contributed by atoms with E-state index in [9.17, 15) is 4.79 Å². The number of carbonyl (C=O) groups excluding carboxylic acids is 1. The van der Waals surface area contributed by atoms with Crippen LogP contribution in [0.5, 0.6) is 11.5 Å². The first-order chi connectivity index (χ1) is 17.2. The van der Waals surface area contributed by atoms with Gasteiger partial charge in [0.1, 0.15) is 0 Å². The molecule has 5 aromatic rings. The van der Waals surface area contributed by atoms with Crippen molar-refractivity contribution >= 4 is 45.7 Å². The normalized spacial score (nSPS) is 12.0. The van der Waals surface area contributed by atoms with Crippen LogP contribution in [0.3, 0.4) is 0 Å². The van der Waals surface area contributed by atoms with Crippen LogP contribution in [0.15, 0.2) is 95.7 Å². The SMILES string of the molecule is CCOC(=O)c1ccc(N2c3ccc(-c4cccs4)cc3Oc3cc(-c4cccs4)ccc32)cc1. The summed E-state index contributed by atoms with van der Waals surface area (Å²) >= 11 is 3.41. The molecule has 2 aromatic heterocycles. The Hall–Kier alpha value is -3.87. The predicted octanol–water partition coefficient (Wildman–Crippen LogP) is 8.90. The van der Waals surface area contributed by atoms with Crippen LogP contribution in [0, 0.1) is 0 Å². The van der Waals surface area contributed by atoms with Gasteiger partial charge in [0.05, 0.1) is 23.5 Å². The molecule has 0 aliphatic carbocycles. The number of anilines is 3. The monoisotopic (exact) mass is 495 g/mol. The van der Waals surface area contributed by atoms with Gasteiger partial charge in [-0.2, -0.15) is 0 Å². The van der Waals surface area contributed by atoms with E-state index in [2.05, 4.69) is 76.3 Å². The van der Waals surface area contributed by atoms with Crippen LogP contribution in [-0.2, 0) is 4.74 Å². The number of fused-ring (bicyclic) bond motifs is 2. The maximum Gasteiger partial charge on any atom is 0.338 e. The lowest BCUT2D eigenvalue weighted by molar-refractivity contribution is 0.0526. The summed E-state index contributed by atoms with van der Waals surface area (Å²) in [5.41, 5.74) is 5.61. The molecule has 1 aliphatic heterocycles. The van der Waals surface area contributed by atoms with E-state index in [1.807, 2.05) is 31.2 Å². The van der Waals surface area contributed by atoms with Gasteiger partial charge < -0.3 is 14.4 Å². The Bertz CT molecular complexity index is 1410. The van der Waals surface area contributed by atoms with Crippen molar-refractivity contribution < 1.29 is 14.3 Å². The number of hydrogen-bond acceptors (Lipinski definition) is 6. The van der Waals surface area contributed by atoms with Crippen molar-refractivity contribution in [2.75, 3.05) is 11.5 Å². The van der Waals surface area contributed by atoms with Crippen molar-refractivity contribution in [2.45, 2.75) is 6.92 Å². The molecule has 1 aliphatic rings. The lowest BCUT2D eigenvalue weighted by atomic mass is 10.1. The molecule has 0 unspecified atom stereocenters. The van der Waals surface area contributed by atoms with E-state index < -0.39 is 0 Å². The molecule has 3 heterocycles. The van der Waals surface area contributed by atoms with Gasteiger partial charge in [0.2, 0.25) is 0 Å². The van der Waals surface area contributed by atoms with E-state index >= 15 is 0 Å². The van der Waals surface area contributed by atoms with Crippen molar-refractivity contribution in [1.82, 2.24) is 0 Å². The minimum Gasteiger partial charge on any atom is -0.462 e. The second-order valence-electron chi connectivity index (χ2n) is 8.02. The van der Waals surface area contributed by atoms with E-state index in [-0.39, 0.29) is 5.97 Å². The van der Waals surface area contributed by atoms with Gasteiger partial charge >= 0.3 is 5.97 Å². The molecule has 3 aromatic carbocycles. The highest BCUT2D eigenvalue weighted by molar-refractivity contribution is 7.13. The predicted molar refractivity (Wildman–Crippen MR) is 144 cm³/mol. The first-order valence-corrected chi connectivity index (χ1v) is 13.1. The third-order valence-electron chi connectivity index (χ3n) is 5.87. The summed E-state index contributed by atoms with van der Waals surface area (Å²) in [6, 6.07) is 28.5. The zero-order chi connectivity index (χ0) is 23.8. The third kappa shape index (κ3) is 4.01. The lowest BCUT2D eigenvalue weighted by Gasteiger charge is -2.33. The van der Waals surface area contributed by atoms with Crippen LogP contribution in [0.25, 0.3) is 20.9 Å². The summed E-state index contributed by atoms with van der Waals surface area (Å²) in [7, 11) is 0. The molecule has 0 saturated carbocycles. The van der Waals surface area contributed by atoms with Crippen LogP contribution in [0.1, 0.15) is 17.3 Å². The summed E-state index contributed by atoms with van der Waals surface area (Å²) in [6.45, 7) is 2.16. The third-order valence-corrected chi connectivity index (χ3v) is 7.71. The van der Waals surface area contributed by atoms with E-state index in [4.69, 9.17) is 9.47 Å². The summed E-state index contributed by atoms with van der Waals surface area (Å²) in [5, 5.41) is 4.16. The molecule has 4 nitrogen and oxygen atoms in total. The minimum atomic E-state index is -0.317. The first kappa shape index (κ1) is 21.6. The van der Waals surface area contributed by atoms with Crippen LogP contribution in [-0.4, -0.2) is 12.6 Å². The molecule has 0 N–H and O–H groups in total. The highest BCUT2D eigenvalue weighted by atomic mass is 32.1. The van der Waals surface area contributed by atoms with Crippen molar-refractivity contribution in [1.29, 1.82) is 0 Å². The second kappa shape index (κ2) is 9.06. The fourth-order valence-corrected chi connectivity index (χ4v) is 5.69. The Kier molecular flexibility index (Phi) is 5.60. The average molecular weight is 496 g/mol. The highest BCUT2D eigenvalue weighted by Crippen LogP contribution is 2.52. The molecule has 35 heavy (non-hydrogen) atoms. The van der Waals surface area contributed by atoms with E-state index in [0.29, 0.717) is 12.2 Å². The van der Waals surface area contributed by atoms with Crippen LogP contribution in [0.2, 0.25) is 0 Å². The number of hydrogen-bond donors (Lipinski definition) is 0. The number of rotatable bonds is 5. The molecule has 0 atom stereocenters. The zero-order valence-corrected chi connectivity index (χ0v) is 20.6. The van der Waals surface area contributed by atoms with Gasteiger partial charge in [-0.15, -0.1) is 22.7 Å². The van der Waals surface area contributed by atoms with Crippen molar-refractivity contribution in [3.8, 4) is 32.4 Å². The quantitative estimate of drug-likeness (QED) is 0.224. The van der Waals surface area contributed by atoms with Gasteiger partial charge in [0.15, 0.2) is 11.5 Å². The summed E-state index contributed by atoms with van der Waals surface area (Å²) < 4.78 is 11.6. The van der Waals surface area contributed by atoms with E-state index in [1.54, 1.807) is 22.7 Å². The Morgan fingerprint density at radius 3 is 1.86 bits per heavy atom. The molecule has 6 rings (SSSR count). The molecule has 0 fully saturated rings. The number of benzene rings is 3. The summed E-state index contributed by atoms with van der Waals surface area (Å²) in [5.74, 6) is 1.27. The van der Waals surface area contributed by atoms with Gasteiger partial charge in [0, 0.05) is 15.4 Å². The Balaban J connectivity index is 1.47. The van der Waals surface area contributed by atoms with Crippen LogP contribution >= 0.6 is 22.7 Å². The Morgan fingerprint density at radius 2 is 1.37 bits per heavy atom. The maximum atomic E-state index is 12.2. The first-order valence-electron chi connectivity index (χ1n) is 11.3. The number of ether oxygens (including phenoxy) is 2. The lowest BCUT2D eigenvalue weighted by Crippen LogP contribution is -2.16. The smallest absolute Gasteiger partial charge is 0.338 e. The van der Waals surface area contributed by atoms with E-state index in [0.717, 1.165) is 39.7 Å². The molecular weight excluding hydrogens is 474 g/mol. The molecule has 0 saturated heterocycles. The molecular formula is C29H21NO3S2. The Morgan fingerprint density at radius 1 is 0.800 bits per heavy atom. The van der Waals surface area contributed by atoms with Crippen LogP contribution in [0.4, 0.5) is 17.1 Å². The molecule has 0 amide bonds. The zero-order valence-electron chi connectivity index (χ0n) is 18.9. The average Bonchev–Trinajstić information content (AvgIpc) is 3.62. The fourth-order valence-electron chi connectivity index (χ4n) is 4.24. The minimum absolute atomic E-state index is 0.317. The van der Waals surface area contributed by atoms with Crippen molar-refractivity contribution in [3.05, 3.63) is 101 Å². The highest BCUT2D eigenvalue weighted by Gasteiger charge is 2.27. The largest absolute Gasteiger partial charge is 0.462 e. The topological polar surface area (TPSA) is 38.8 Å². The molecule has 6 heteroatoms.